The Hall–Kier alpha value is -2.05. The Morgan fingerprint density at radius 2 is 1.91 bits per heavy atom. The van der Waals surface area contributed by atoms with E-state index < -0.39 is 0 Å². The van der Waals surface area contributed by atoms with E-state index in [9.17, 15) is 4.79 Å². The molecule has 0 radical (unpaired) electrons. The summed E-state index contributed by atoms with van der Waals surface area (Å²) in [5.74, 6) is -0.193. The van der Waals surface area contributed by atoms with Gasteiger partial charge in [0.05, 0.1) is 5.69 Å². The number of amides is 1. The molecule has 0 aliphatic rings. The van der Waals surface area contributed by atoms with Crippen LogP contribution < -0.4 is 5.32 Å². The number of carbonyl (C=O) groups is 1. The summed E-state index contributed by atoms with van der Waals surface area (Å²) in [6.45, 7) is 5.83. The second-order valence-electron chi connectivity index (χ2n) is 5.26. The molecule has 1 aromatic carbocycles. The van der Waals surface area contributed by atoms with E-state index in [4.69, 9.17) is 12.2 Å². The quantitative estimate of drug-likeness (QED) is 0.733. The maximum Gasteiger partial charge on any atom is 0.256 e. The first kappa shape index (κ1) is 14.9. The van der Waals surface area contributed by atoms with E-state index >= 15 is 0 Å². The fraction of sp³-hybridized carbons (Fsp3) is 0.188. The van der Waals surface area contributed by atoms with E-state index in [0.717, 1.165) is 27.5 Å². The van der Waals surface area contributed by atoms with Gasteiger partial charge in [0.2, 0.25) is 0 Å². The van der Waals surface area contributed by atoms with E-state index in [1.807, 2.05) is 54.9 Å². The lowest BCUT2D eigenvalue weighted by molar-refractivity contribution is 0.0977. The maximum atomic E-state index is 12.4. The third-order valence-electron chi connectivity index (χ3n) is 3.36. The van der Waals surface area contributed by atoms with Crippen LogP contribution in [-0.4, -0.2) is 20.3 Å². The van der Waals surface area contributed by atoms with Crippen LogP contribution in [0.3, 0.4) is 0 Å². The number of benzene rings is 1. The summed E-state index contributed by atoms with van der Waals surface area (Å²) in [6.07, 6.45) is 1.91. The van der Waals surface area contributed by atoms with E-state index in [0.29, 0.717) is 10.6 Å². The summed E-state index contributed by atoms with van der Waals surface area (Å²) in [7, 11) is 0. The van der Waals surface area contributed by atoms with Gasteiger partial charge in [-0.1, -0.05) is 29.4 Å². The van der Waals surface area contributed by atoms with Crippen molar-refractivity contribution in [2.75, 3.05) is 0 Å². The molecule has 1 N–H and O–H groups in total. The van der Waals surface area contributed by atoms with Gasteiger partial charge < -0.3 is 5.32 Å². The summed E-state index contributed by atoms with van der Waals surface area (Å²) in [5, 5.41) is 4.76. The van der Waals surface area contributed by atoms with Crippen LogP contribution in [-0.2, 0) is 0 Å². The first-order valence-electron chi connectivity index (χ1n) is 6.82. The molecule has 0 spiro atoms. The van der Waals surface area contributed by atoms with Crippen molar-refractivity contribution in [1.29, 1.82) is 0 Å². The van der Waals surface area contributed by atoms with Crippen molar-refractivity contribution in [1.82, 2.24) is 14.7 Å². The fourth-order valence-corrected chi connectivity index (χ4v) is 3.61. The molecular weight excluding hydrogens is 314 g/mol. The van der Waals surface area contributed by atoms with Gasteiger partial charge in [-0.3, -0.25) is 9.20 Å². The van der Waals surface area contributed by atoms with Crippen LogP contribution in [0.25, 0.3) is 4.96 Å². The number of aromatic nitrogens is 2. The minimum atomic E-state index is -0.193. The number of nitrogens with one attached hydrogen (secondary N) is 1. The highest BCUT2D eigenvalue weighted by Gasteiger charge is 2.17. The predicted octanol–water partition coefficient (Wildman–Crippen LogP) is 3.43. The van der Waals surface area contributed by atoms with Crippen LogP contribution in [0.1, 0.15) is 32.9 Å². The number of thiocarbonyl (C=S) groups is 1. The number of thiazole rings is 1. The molecule has 0 bridgehead atoms. The van der Waals surface area contributed by atoms with Crippen molar-refractivity contribution >= 4 is 39.4 Å². The zero-order valence-electron chi connectivity index (χ0n) is 12.5. The Labute approximate surface area is 137 Å². The molecule has 3 rings (SSSR count). The normalized spacial score (nSPS) is 10.9. The molecule has 0 unspecified atom stereocenters. The average Bonchev–Trinajstić information content (AvgIpc) is 2.96. The molecule has 2 heterocycles. The number of nitrogens with zero attached hydrogens (tertiary/aromatic N) is 2. The fourth-order valence-electron chi connectivity index (χ4n) is 2.51. The van der Waals surface area contributed by atoms with Gasteiger partial charge in [0.15, 0.2) is 4.96 Å². The smallest absolute Gasteiger partial charge is 0.256 e. The Balaban J connectivity index is 1.89. The molecule has 4 nitrogen and oxygen atoms in total. The Bertz CT molecular complexity index is 872. The third kappa shape index (κ3) is 2.67. The number of aryl methyl sites for hydroxylation is 3. The van der Waals surface area contributed by atoms with Crippen molar-refractivity contribution in [3.8, 4) is 0 Å². The molecule has 3 aromatic rings. The molecule has 2 aromatic heterocycles. The number of rotatable bonds is 2. The highest BCUT2D eigenvalue weighted by atomic mass is 32.1. The zero-order chi connectivity index (χ0) is 15.9. The number of fused-ring (bicyclic) bond motifs is 1. The van der Waals surface area contributed by atoms with Gasteiger partial charge in [-0.25, -0.2) is 4.98 Å². The molecule has 112 valence electrons. The van der Waals surface area contributed by atoms with Gasteiger partial charge >= 0.3 is 0 Å². The topological polar surface area (TPSA) is 46.4 Å². The average molecular weight is 329 g/mol. The molecule has 0 aliphatic carbocycles. The predicted molar refractivity (Wildman–Crippen MR) is 92.9 cm³/mol. The Kier molecular flexibility index (Phi) is 3.80. The lowest BCUT2D eigenvalue weighted by Gasteiger charge is -2.08. The summed E-state index contributed by atoms with van der Waals surface area (Å²) >= 11 is 6.95. The molecule has 0 saturated heterocycles. The number of hydrogen-bond donors (Lipinski definition) is 1. The standard InChI is InChI=1S/C16H15N3OS2/c1-9-6-10(2)8-12(7-9)14(20)18-15(21)13-11(3)17-16-19(13)4-5-22-16/h4-8H,1-3H3,(H,18,20,21). The number of imidazole rings is 1. The first-order valence-corrected chi connectivity index (χ1v) is 8.10. The summed E-state index contributed by atoms with van der Waals surface area (Å²) in [5.41, 5.74) is 4.30. The number of hydrogen-bond acceptors (Lipinski definition) is 4. The highest BCUT2D eigenvalue weighted by Crippen LogP contribution is 2.17. The second-order valence-corrected chi connectivity index (χ2v) is 6.54. The van der Waals surface area contributed by atoms with Crippen molar-refractivity contribution < 1.29 is 4.79 Å². The molecule has 0 aliphatic heterocycles. The van der Waals surface area contributed by atoms with Gasteiger partial charge in [-0.15, -0.1) is 11.3 Å². The van der Waals surface area contributed by atoms with Crippen LogP contribution in [0.4, 0.5) is 0 Å². The van der Waals surface area contributed by atoms with E-state index in [-0.39, 0.29) is 5.91 Å². The van der Waals surface area contributed by atoms with Crippen LogP contribution >= 0.6 is 23.6 Å². The molecule has 0 atom stereocenters. The SMILES string of the molecule is Cc1cc(C)cc(C(=O)NC(=S)c2c(C)nc3sccn23)c1. The molecular formula is C16H15N3OS2. The minimum absolute atomic E-state index is 0.193. The van der Waals surface area contributed by atoms with Gasteiger partial charge in [0, 0.05) is 17.1 Å². The lowest BCUT2D eigenvalue weighted by atomic mass is 10.1. The highest BCUT2D eigenvalue weighted by molar-refractivity contribution is 7.80. The van der Waals surface area contributed by atoms with E-state index in [1.54, 1.807) is 0 Å². The van der Waals surface area contributed by atoms with Gasteiger partial charge in [-0.2, -0.15) is 0 Å². The molecule has 6 heteroatoms. The van der Waals surface area contributed by atoms with Crippen molar-refractivity contribution in [2.24, 2.45) is 0 Å². The van der Waals surface area contributed by atoms with E-state index in [1.165, 1.54) is 11.3 Å². The van der Waals surface area contributed by atoms with Crippen molar-refractivity contribution in [3.63, 3.8) is 0 Å². The largest absolute Gasteiger partial charge is 0.311 e. The number of carbonyl (C=O) groups excluding carboxylic acids is 1. The zero-order valence-corrected chi connectivity index (χ0v) is 14.1. The maximum absolute atomic E-state index is 12.4. The first-order chi connectivity index (χ1) is 10.5. The lowest BCUT2D eigenvalue weighted by Crippen LogP contribution is -2.31. The molecule has 1 amide bonds. The van der Waals surface area contributed by atoms with Gasteiger partial charge in [0.1, 0.15) is 10.7 Å². The van der Waals surface area contributed by atoms with Crippen molar-refractivity contribution in [3.05, 3.63) is 57.9 Å². The summed E-state index contributed by atoms with van der Waals surface area (Å²) < 4.78 is 1.91. The van der Waals surface area contributed by atoms with Gasteiger partial charge in [-0.05, 0) is 32.9 Å². The Morgan fingerprint density at radius 3 is 2.59 bits per heavy atom. The monoisotopic (exact) mass is 329 g/mol. The molecule has 22 heavy (non-hydrogen) atoms. The van der Waals surface area contributed by atoms with Crippen LogP contribution in [0, 0.1) is 20.8 Å². The Morgan fingerprint density at radius 1 is 1.23 bits per heavy atom. The second kappa shape index (κ2) is 5.62. The van der Waals surface area contributed by atoms with Crippen molar-refractivity contribution in [2.45, 2.75) is 20.8 Å². The van der Waals surface area contributed by atoms with Crippen LogP contribution in [0.5, 0.6) is 0 Å². The van der Waals surface area contributed by atoms with Crippen LogP contribution in [0.2, 0.25) is 0 Å². The molecule has 0 fully saturated rings. The van der Waals surface area contributed by atoms with Crippen LogP contribution in [0.15, 0.2) is 29.8 Å². The summed E-state index contributed by atoms with van der Waals surface area (Å²) in [6, 6.07) is 5.74. The van der Waals surface area contributed by atoms with Gasteiger partial charge in [0.25, 0.3) is 5.91 Å². The third-order valence-corrected chi connectivity index (χ3v) is 4.41. The minimum Gasteiger partial charge on any atom is -0.311 e. The molecule has 0 saturated carbocycles. The summed E-state index contributed by atoms with van der Waals surface area (Å²) in [4.78, 5) is 18.1. The van der Waals surface area contributed by atoms with E-state index in [2.05, 4.69) is 10.3 Å².